The second-order valence-electron chi connectivity index (χ2n) is 7.40. The van der Waals surface area contributed by atoms with E-state index in [2.05, 4.69) is 25.9 Å². The Hall–Kier alpha value is -4.54. The Bertz CT molecular complexity index is 1300. The maximum Gasteiger partial charge on any atom is 0.338 e. The number of esters is 1. The van der Waals surface area contributed by atoms with Crippen molar-refractivity contribution in [3.8, 4) is 0 Å². The standard InChI is InChI=1S/C23H20FN5O5/c1-2-34-22(33)12-3-7-14(8-4-12)25-20(31)16-11-17(30)27-19-18(16)21(32)29-23(28-19)26-15-9-5-13(24)6-10-15/h3-10,16H,2,11H2,1H3,(H,25,31)(H3,26,27,28,29,30,32). The van der Waals surface area contributed by atoms with Gasteiger partial charge in [0.15, 0.2) is 0 Å². The van der Waals surface area contributed by atoms with Crippen LogP contribution < -0.4 is 21.5 Å². The number of rotatable bonds is 6. The Labute approximate surface area is 192 Å². The minimum Gasteiger partial charge on any atom is -0.462 e. The van der Waals surface area contributed by atoms with Crippen LogP contribution in [-0.4, -0.2) is 34.4 Å². The largest absolute Gasteiger partial charge is 0.462 e. The third-order valence-corrected chi connectivity index (χ3v) is 5.04. The fourth-order valence-corrected chi connectivity index (χ4v) is 3.46. The van der Waals surface area contributed by atoms with Gasteiger partial charge in [0.1, 0.15) is 11.6 Å². The number of H-pyrrole nitrogens is 1. The highest BCUT2D eigenvalue weighted by Gasteiger charge is 2.34. The summed E-state index contributed by atoms with van der Waals surface area (Å²) in [5.74, 6) is -3.06. The maximum absolute atomic E-state index is 13.1. The number of carbonyl (C=O) groups is 3. The number of carbonyl (C=O) groups excluding carboxylic acids is 3. The van der Waals surface area contributed by atoms with Gasteiger partial charge in [-0.3, -0.25) is 19.4 Å². The van der Waals surface area contributed by atoms with Gasteiger partial charge in [-0.05, 0) is 55.5 Å². The van der Waals surface area contributed by atoms with E-state index in [1.807, 2.05) is 0 Å². The SMILES string of the molecule is CCOC(=O)c1ccc(NC(=O)C2CC(=O)Nc3nc(Nc4ccc(F)cc4)[nH]c(=O)c32)cc1. The second-order valence-corrected chi connectivity index (χ2v) is 7.40. The highest BCUT2D eigenvalue weighted by Crippen LogP contribution is 2.30. The molecule has 1 aliphatic heterocycles. The molecule has 0 bridgehead atoms. The third kappa shape index (κ3) is 4.93. The van der Waals surface area contributed by atoms with Crippen LogP contribution in [0.1, 0.15) is 35.2 Å². The van der Waals surface area contributed by atoms with Gasteiger partial charge in [0.25, 0.3) is 5.56 Å². The Morgan fingerprint density at radius 3 is 2.44 bits per heavy atom. The summed E-state index contributed by atoms with van der Waals surface area (Å²) in [4.78, 5) is 56.5. The van der Waals surface area contributed by atoms with Gasteiger partial charge < -0.3 is 20.7 Å². The summed E-state index contributed by atoms with van der Waals surface area (Å²) in [6.07, 6.45) is -0.241. The van der Waals surface area contributed by atoms with Gasteiger partial charge in [-0.25, -0.2) is 9.18 Å². The normalized spacial score (nSPS) is 14.5. The van der Waals surface area contributed by atoms with Gasteiger partial charge in [-0.15, -0.1) is 0 Å². The minimum absolute atomic E-state index is 0.0184. The first kappa shape index (κ1) is 22.6. The number of aromatic amines is 1. The third-order valence-electron chi connectivity index (χ3n) is 5.04. The van der Waals surface area contributed by atoms with E-state index in [1.54, 1.807) is 6.92 Å². The van der Waals surface area contributed by atoms with Crippen LogP contribution in [0.5, 0.6) is 0 Å². The number of nitrogens with zero attached hydrogens (tertiary/aromatic N) is 1. The summed E-state index contributed by atoms with van der Waals surface area (Å²) >= 11 is 0. The average molecular weight is 465 g/mol. The van der Waals surface area contributed by atoms with Gasteiger partial charge in [0.2, 0.25) is 17.8 Å². The van der Waals surface area contributed by atoms with Crippen molar-refractivity contribution in [1.82, 2.24) is 9.97 Å². The number of aromatic nitrogens is 2. The molecule has 10 nitrogen and oxygen atoms in total. The first-order valence-corrected chi connectivity index (χ1v) is 10.4. The summed E-state index contributed by atoms with van der Waals surface area (Å²) in [7, 11) is 0. The summed E-state index contributed by atoms with van der Waals surface area (Å²) in [5.41, 5.74) is 0.582. The molecule has 0 saturated carbocycles. The molecular formula is C23H20FN5O5. The zero-order valence-electron chi connectivity index (χ0n) is 18.0. The number of halogens is 1. The highest BCUT2D eigenvalue weighted by molar-refractivity contribution is 6.04. The molecule has 0 aliphatic carbocycles. The second kappa shape index (κ2) is 9.53. The lowest BCUT2D eigenvalue weighted by molar-refractivity contribution is -0.123. The van der Waals surface area contributed by atoms with Crippen LogP contribution in [0.4, 0.5) is 27.5 Å². The predicted octanol–water partition coefficient (Wildman–Crippen LogP) is 2.89. The van der Waals surface area contributed by atoms with E-state index in [4.69, 9.17) is 4.74 Å². The Morgan fingerprint density at radius 1 is 1.09 bits per heavy atom. The van der Waals surface area contributed by atoms with Crippen molar-refractivity contribution in [3.05, 3.63) is 75.8 Å². The molecule has 1 unspecified atom stereocenters. The lowest BCUT2D eigenvalue weighted by Crippen LogP contribution is -2.36. The van der Waals surface area contributed by atoms with Gasteiger partial charge in [-0.2, -0.15) is 4.98 Å². The first-order valence-electron chi connectivity index (χ1n) is 10.4. The van der Waals surface area contributed by atoms with Crippen molar-refractivity contribution in [3.63, 3.8) is 0 Å². The summed E-state index contributed by atoms with van der Waals surface area (Å²) in [6, 6.07) is 11.4. The Morgan fingerprint density at radius 2 is 1.76 bits per heavy atom. The smallest absolute Gasteiger partial charge is 0.338 e. The number of fused-ring (bicyclic) bond motifs is 1. The average Bonchev–Trinajstić information content (AvgIpc) is 2.80. The van der Waals surface area contributed by atoms with Gasteiger partial charge in [0.05, 0.1) is 23.7 Å². The molecule has 1 aliphatic rings. The number of hydrogen-bond acceptors (Lipinski definition) is 7. The molecule has 0 spiro atoms. The lowest BCUT2D eigenvalue weighted by atomic mass is 9.92. The quantitative estimate of drug-likeness (QED) is 0.410. The number of nitrogens with one attached hydrogen (secondary N) is 4. The number of ether oxygens (including phenoxy) is 1. The topological polar surface area (TPSA) is 142 Å². The predicted molar refractivity (Wildman–Crippen MR) is 122 cm³/mol. The molecule has 0 fully saturated rings. The number of anilines is 4. The molecule has 174 valence electrons. The van der Waals surface area contributed by atoms with Crippen molar-refractivity contribution in [1.29, 1.82) is 0 Å². The van der Waals surface area contributed by atoms with Crippen molar-refractivity contribution < 1.29 is 23.5 Å². The van der Waals surface area contributed by atoms with E-state index in [0.29, 0.717) is 16.9 Å². The Balaban J connectivity index is 1.55. The molecule has 11 heteroatoms. The van der Waals surface area contributed by atoms with Crippen molar-refractivity contribution in [2.24, 2.45) is 0 Å². The van der Waals surface area contributed by atoms with Gasteiger partial charge >= 0.3 is 5.97 Å². The summed E-state index contributed by atoms with van der Waals surface area (Å²) < 4.78 is 18.0. The zero-order valence-corrected chi connectivity index (χ0v) is 18.0. The first-order chi connectivity index (χ1) is 16.3. The minimum atomic E-state index is -1.08. The van der Waals surface area contributed by atoms with Crippen LogP contribution in [0.2, 0.25) is 0 Å². The Kier molecular flexibility index (Phi) is 6.35. The molecule has 1 aromatic heterocycles. The highest BCUT2D eigenvalue weighted by atomic mass is 19.1. The van der Waals surface area contributed by atoms with E-state index in [9.17, 15) is 23.6 Å². The van der Waals surface area contributed by atoms with E-state index >= 15 is 0 Å². The maximum atomic E-state index is 13.1. The fourth-order valence-electron chi connectivity index (χ4n) is 3.46. The molecule has 3 aromatic rings. The summed E-state index contributed by atoms with van der Waals surface area (Å²) in [5, 5.41) is 7.99. The van der Waals surface area contributed by atoms with Crippen molar-refractivity contribution in [2.45, 2.75) is 19.3 Å². The van der Waals surface area contributed by atoms with Crippen molar-refractivity contribution in [2.75, 3.05) is 22.6 Å². The number of benzene rings is 2. The van der Waals surface area contributed by atoms with E-state index in [-0.39, 0.29) is 30.4 Å². The molecule has 2 aromatic carbocycles. The molecule has 1 atom stereocenters. The van der Waals surface area contributed by atoms with E-state index in [1.165, 1.54) is 48.5 Å². The van der Waals surface area contributed by atoms with Gasteiger partial charge in [-0.1, -0.05) is 0 Å². The molecule has 4 N–H and O–H groups in total. The zero-order chi connectivity index (χ0) is 24.2. The van der Waals surface area contributed by atoms with Crippen LogP contribution in [0.15, 0.2) is 53.3 Å². The van der Waals surface area contributed by atoms with Crippen LogP contribution >= 0.6 is 0 Å². The number of amides is 2. The fraction of sp³-hybridized carbons (Fsp3) is 0.174. The van der Waals surface area contributed by atoms with Crippen molar-refractivity contribution >= 4 is 40.9 Å². The monoisotopic (exact) mass is 465 g/mol. The molecule has 4 rings (SSSR count). The van der Waals surface area contributed by atoms with Crippen LogP contribution in [0.25, 0.3) is 0 Å². The molecular weight excluding hydrogens is 445 g/mol. The number of hydrogen-bond donors (Lipinski definition) is 4. The molecule has 0 radical (unpaired) electrons. The van der Waals surface area contributed by atoms with Crippen LogP contribution in [0, 0.1) is 5.82 Å². The molecule has 2 heterocycles. The van der Waals surface area contributed by atoms with E-state index in [0.717, 1.165) is 0 Å². The van der Waals surface area contributed by atoms with E-state index < -0.39 is 35.1 Å². The lowest BCUT2D eigenvalue weighted by Gasteiger charge is -2.23. The van der Waals surface area contributed by atoms with Crippen LogP contribution in [-0.2, 0) is 14.3 Å². The van der Waals surface area contributed by atoms with Gasteiger partial charge in [0, 0.05) is 17.8 Å². The molecule has 34 heavy (non-hydrogen) atoms. The summed E-state index contributed by atoms with van der Waals surface area (Å²) in [6.45, 7) is 1.94. The van der Waals surface area contributed by atoms with Crippen LogP contribution in [0.3, 0.4) is 0 Å². The molecule has 0 saturated heterocycles. The molecule has 2 amide bonds.